The highest BCUT2D eigenvalue weighted by molar-refractivity contribution is 7.92. The molecular formula is C22H20ClFN2O4S2. The molecule has 0 spiro atoms. The standard InChI is InChI=1S/C22H20ClFN2O4S2/c1-15-2-4-18(23)13-22(15)31(27,28)25-20-7-3-16-10-11-26(14-17(16)12-20)32(29,30)21-8-5-19(24)6-9-21/h2-9,12-13,25H,10-11,14H2,1H3. The van der Waals surface area contributed by atoms with Crippen molar-refractivity contribution < 1.29 is 21.2 Å². The summed E-state index contributed by atoms with van der Waals surface area (Å²) in [5.41, 5.74) is 2.52. The van der Waals surface area contributed by atoms with Crippen LogP contribution >= 0.6 is 11.6 Å². The molecule has 0 saturated carbocycles. The maximum absolute atomic E-state index is 13.2. The third-order valence-electron chi connectivity index (χ3n) is 5.33. The van der Waals surface area contributed by atoms with Crippen LogP contribution in [0, 0.1) is 12.7 Å². The molecule has 1 heterocycles. The molecule has 3 aromatic carbocycles. The summed E-state index contributed by atoms with van der Waals surface area (Å²) in [7, 11) is -7.69. The van der Waals surface area contributed by atoms with Gasteiger partial charge in [0.2, 0.25) is 10.0 Å². The Hall–Kier alpha value is -2.46. The molecule has 1 N–H and O–H groups in total. The average Bonchev–Trinajstić information content (AvgIpc) is 2.75. The highest BCUT2D eigenvalue weighted by Crippen LogP contribution is 2.29. The number of rotatable bonds is 5. The van der Waals surface area contributed by atoms with E-state index in [-0.39, 0.29) is 22.9 Å². The Labute approximate surface area is 191 Å². The molecule has 1 aliphatic rings. The quantitative estimate of drug-likeness (QED) is 0.572. The van der Waals surface area contributed by atoms with E-state index in [2.05, 4.69) is 4.72 Å². The monoisotopic (exact) mass is 494 g/mol. The van der Waals surface area contributed by atoms with Crippen LogP contribution in [0.2, 0.25) is 5.02 Å². The maximum atomic E-state index is 13.2. The van der Waals surface area contributed by atoms with E-state index in [0.717, 1.165) is 17.7 Å². The van der Waals surface area contributed by atoms with Crippen LogP contribution in [-0.4, -0.2) is 27.7 Å². The number of benzene rings is 3. The van der Waals surface area contributed by atoms with Crippen molar-refractivity contribution in [2.75, 3.05) is 11.3 Å². The summed E-state index contributed by atoms with van der Waals surface area (Å²) >= 11 is 5.96. The van der Waals surface area contributed by atoms with Crippen molar-refractivity contribution in [3.8, 4) is 0 Å². The topological polar surface area (TPSA) is 83.6 Å². The second-order valence-corrected chi connectivity index (χ2v) is 11.6. The number of hydrogen-bond acceptors (Lipinski definition) is 4. The molecule has 4 rings (SSSR count). The average molecular weight is 495 g/mol. The first-order chi connectivity index (χ1) is 15.1. The van der Waals surface area contributed by atoms with Gasteiger partial charge in [0, 0.05) is 23.8 Å². The first kappa shape index (κ1) is 22.7. The Kier molecular flexibility index (Phi) is 6.02. The Morgan fingerprint density at radius 2 is 1.66 bits per heavy atom. The molecule has 1 aliphatic heterocycles. The van der Waals surface area contributed by atoms with Gasteiger partial charge in [0.15, 0.2) is 0 Å². The van der Waals surface area contributed by atoms with Crippen molar-refractivity contribution in [2.24, 2.45) is 0 Å². The summed E-state index contributed by atoms with van der Waals surface area (Å²) in [6.45, 7) is 2.04. The zero-order valence-corrected chi connectivity index (χ0v) is 19.4. The van der Waals surface area contributed by atoms with Crippen molar-refractivity contribution in [1.29, 1.82) is 0 Å². The number of halogens is 2. The molecule has 0 unspecified atom stereocenters. The van der Waals surface area contributed by atoms with Crippen LogP contribution in [0.5, 0.6) is 0 Å². The second kappa shape index (κ2) is 8.47. The summed E-state index contributed by atoms with van der Waals surface area (Å²) in [5.74, 6) is -0.514. The molecule has 0 aliphatic carbocycles. The molecule has 0 aromatic heterocycles. The number of aryl methyl sites for hydroxylation is 1. The Balaban J connectivity index is 1.60. The molecule has 168 valence electrons. The summed E-state index contributed by atoms with van der Waals surface area (Å²) in [4.78, 5) is 0.0823. The lowest BCUT2D eigenvalue weighted by molar-refractivity contribution is 0.391. The first-order valence-electron chi connectivity index (χ1n) is 9.73. The van der Waals surface area contributed by atoms with E-state index in [4.69, 9.17) is 11.6 Å². The number of fused-ring (bicyclic) bond motifs is 1. The van der Waals surface area contributed by atoms with Crippen molar-refractivity contribution in [3.63, 3.8) is 0 Å². The summed E-state index contributed by atoms with van der Waals surface area (Å²) in [5, 5.41) is 0.308. The molecule has 32 heavy (non-hydrogen) atoms. The van der Waals surface area contributed by atoms with Gasteiger partial charge in [-0.05, 0) is 78.6 Å². The molecule has 0 atom stereocenters. The van der Waals surface area contributed by atoms with Crippen molar-refractivity contribution in [3.05, 3.63) is 88.2 Å². The fourth-order valence-electron chi connectivity index (χ4n) is 3.63. The predicted octanol–water partition coefficient (Wildman–Crippen LogP) is 4.34. The van der Waals surface area contributed by atoms with Gasteiger partial charge in [0.1, 0.15) is 5.82 Å². The Morgan fingerprint density at radius 1 is 0.938 bits per heavy atom. The molecular weight excluding hydrogens is 475 g/mol. The summed E-state index contributed by atoms with van der Waals surface area (Å²) in [6.07, 6.45) is 0.482. The van der Waals surface area contributed by atoms with Crippen LogP contribution in [0.3, 0.4) is 0 Å². The lowest BCUT2D eigenvalue weighted by atomic mass is 10.0. The van der Waals surface area contributed by atoms with E-state index in [9.17, 15) is 21.2 Å². The second-order valence-electron chi connectivity index (χ2n) is 7.54. The van der Waals surface area contributed by atoms with Gasteiger partial charge in [-0.15, -0.1) is 0 Å². The van der Waals surface area contributed by atoms with Crippen LogP contribution in [0.1, 0.15) is 16.7 Å². The van der Waals surface area contributed by atoms with Gasteiger partial charge in [-0.1, -0.05) is 23.7 Å². The smallest absolute Gasteiger partial charge is 0.262 e. The van der Waals surface area contributed by atoms with Crippen LogP contribution in [-0.2, 0) is 33.0 Å². The van der Waals surface area contributed by atoms with Gasteiger partial charge in [0.25, 0.3) is 10.0 Å². The van der Waals surface area contributed by atoms with Crippen molar-refractivity contribution >= 4 is 37.3 Å². The highest BCUT2D eigenvalue weighted by Gasteiger charge is 2.29. The van der Waals surface area contributed by atoms with Crippen molar-refractivity contribution in [2.45, 2.75) is 29.7 Å². The highest BCUT2D eigenvalue weighted by atomic mass is 35.5. The molecule has 0 bridgehead atoms. The number of hydrogen-bond donors (Lipinski definition) is 1. The van der Waals surface area contributed by atoms with E-state index in [1.54, 1.807) is 37.3 Å². The van der Waals surface area contributed by atoms with Gasteiger partial charge in [-0.2, -0.15) is 4.31 Å². The zero-order chi connectivity index (χ0) is 23.1. The van der Waals surface area contributed by atoms with Gasteiger partial charge < -0.3 is 0 Å². The van der Waals surface area contributed by atoms with E-state index in [0.29, 0.717) is 28.3 Å². The molecule has 0 radical (unpaired) electrons. The van der Waals surface area contributed by atoms with Crippen LogP contribution in [0.25, 0.3) is 0 Å². The van der Waals surface area contributed by atoms with Gasteiger partial charge in [0.05, 0.1) is 9.79 Å². The number of anilines is 1. The van der Waals surface area contributed by atoms with Crippen LogP contribution in [0.15, 0.2) is 70.5 Å². The Morgan fingerprint density at radius 3 is 2.38 bits per heavy atom. The molecule has 10 heteroatoms. The number of nitrogens with zero attached hydrogens (tertiary/aromatic N) is 1. The normalized spacial score (nSPS) is 14.7. The predicted molar refractivity (Wildman–Crippen MR) is 121 cm³/mol. The minimum absolute atomic E-state index is 0.00985. The molecule has 6 nitrogen and oxygen atoms in total. The summed E-state index contributed by atoms with van der Waals surface area (Å²) in [6, 6.07) is 14.4. The zero-order valence-electron chi connectivity index (χ0n) is 17.0. The molecule has 0 fully saturated rings. The minimum Gasteiger partial charge on any atom is -0.280 e. The number of nitrogens with one attached hydrogen (secondary N) is 1. The lowest BCUT2D eigenvalue weighted by Crippen LogP contribution is -2.36. The first-order valence-corrected chi connectivity index (χ1v) is 13.0. The number of sulfonamides is 2. The fraction of sp³-hybridized carbons (Fsp3) is 0.182. The van der Waals surface area contributed by atoms with E-state index >= 15 is 0 Å². The van der Waals surface area contributed by atoms with Crippen LogP contribution in [0.4, 0.5) is 10.1 Å². The van der Waals surface area contributed by atoms with E-state index < -0.39 is 25.9 Å². The van der Waals surface area contributed by atoms with Crippen molar-refractivity contribution in [1.82, 2.24) is 4.31 Å². The van der Waals surface area contributed by atoms with E-state index in [1.165, 1.54) is 22.5 Å². The third kappa shape index (κ3) is 4.52. The van der Waals surface area contributed by atoms with Gasteiger partial charge in [-0.25, -0.2) is 21.2 Å². The fourth-order valence-corrected chi connectivity index (χ4v) is 6.61. The van der Waals surface area contributed by atoms with Gasteiger partial charge >= 0.3 is 0 Å². The van der Waals surface area contributed by atoms with Gasteiger partial charge in [-0.3, -0.25) is 4.72 Å². The molecule has 3 aromatic rings. The SMILES string of the molecule is Cc1ccc(Cl)cc1S(=O)(=O)Nc1ccc2c(c1)CN(S(=O)(=O)c1ccc(F)cc1)CC2. The largest absolute Gasteiger partial charge is 0.280 e. The molecule has 0 amide bonds. The minimum atomic E-state index is -3.88. The third-order valence-corrected chi connectivity index (χ3v) is 8.94. The maximum Gasteiger partial charge on any atom is 0.262 e. The van der Waals surface area contributed by atoms with Crippen LogP contribution < -0.4 is 4.72 Å². The molecule has 0 saturated heterocycles. The Bertz CT molecular complexity index is 1390. The summed E-state index contributed by atoms with van der Waals surface area (Å²) < 4.78 is 68.7. The van der Waals surface area contributed by atoms with E-state index in [1.807, 2.05) is 0 Å². The lowest BCUT2D eigenvalue weighted by Gasteiger charge is -2.28.